The fraction of sp³-hybridized carbons (Fsp3) is 0.0476. The summed E-state index contributed by atoms with van der Waals surface area (Å²) in [6.45, 7) is 0. The molecule has 9 heteroatoms. The lowest BCUT2D eigenvalue weighted by atomic mass is 10.2. The SMILES string of the molecule is CNC(=O)c1cc(Oc2ccc3nc(Nc4cc(Cl)cc(Cl)c4)ncc3c2)ccn1. The summed E-state index contributed by atoms with van der Waals surface area (Å²) in [4.78, 5) is 24.6. The van der Waals surface area contributed by atoms with Crippen LogP contribution in [0.5, 0.6) is 11.5 Å². The Labute approximate surface area is 182 Å². The number of carbonyl (C=O) groups is 1. The standard InChI is InChI=1S/C21H15Cl2N5O2/c1-24-20(29)19-10-17(4-5-25-19)30-16-2-3-18-12(6-16)11-26-21(28-18)27-15-8-13(22)7-14(23)9-15/h2-11H,1H3,(H,24,29)(H,26,27,28). The number of pyridine rings is 1. The van der Waals surface area contributed by atoms with Gasteiger partial charge in [0.1, 0.15) is 17.2 Å². The van der Waals surface area contributed by atoms with Crippen molar-refractivity contribution in [3.8, 4) is 11.5 Å². The van der Waals surface area contributed by atoms with E-state index < -0.39 is 0 Å². The first kappa shape index (κ1) is 19.9. The van der Waals surface area contributed by atoms with E-state index >= 15 is 0 Å². The van der Waals surface area contributed by atoms with E-state index in [0.717, 1.165) is 10.9 Å². The van der Waals surface area contributed by atoms with Crippen LogP contribution in [-0.2, 0) is 0 Å². The van der Waals surface area contributed by atoms with Gasteiger partial charge in [-0.2, -0.15) is 0 Å². The van der Waals surface area contributed by atoms with Crippen molar-refractivity contribution in [1.29, 1.82) is 0 Å². The molecule has 0 unspecified atom stereocenters. The first-order valence-electron chi connectivity index (χ1n) is 8.86. The van der Waals surface area contributed by atoms with Crippen molar-refractivity contribution in [2.75, 3.05) is 12.4 Å². The molecule has 1 amide bonds. The van der Waals surface area contributed by atoms with Gasteiger partial charge in [-0.15, -0.1) is 0 Å². The van der Waals surface area contributed by atoms with Crippen LogP contribution in [0.25, 0.3) is 10.9 Å². The molecule has 0 saturated heterocycles. The summed E-state index contributed by atoms with van der Waals surface area (Å²) in [5.74, 6) is 1.22. The van der Waals surface area contributed by atoms with E-state index in [9.17, 15) is 4.79 Å². The molecule has 7 nitrogen and oxygen atoms in total. The van der Waals surface area contributed by atoms with Gasteiger partial charge in [-0.05, 0) is 42.5 Å². The van der Waals surface area contributed by atoms with Crippen LogP contribution in [0.1, 0.15) is 10.5 Å². The third-order valence-corrected chi connectivity index (χ3v) is 4.53. The Morgan fingerprint density at radius 3 is 2.50 bits per heavy atom. The molecule has 0 fully saturated rings. The highest BCUT2D eigenvalue weighted by molar-refractivity contribution is 6.35. The second kappa shape index (κ2) is 8.52. The number of aromatic nitrogens is 3. The molecular weight excluding hydrogens is 425 g/mol. The maximum Gasteiger partial charge on any atom is 0.269 e. The fourth-order valence-electron chi connectivity index (χ4n) is 2.75. The molecule has 2 aromatic carbocycles. The van der Waals surface area contributed by atoms with Gasteiger partial charge in [0.05, 0.1) is 5.52 Å². The van der Waals surface area contributed by atoms with Crippen LogP contribution < -0.4 is 15.4 Å². The van der Waals surface area contributed by atoms with Gasteiger partial charge in [0.25, 0.3) is 5.91 Å². The van der Waals surface area contributed by atoms with Crippen molar-refractivity contribution in [1.82, 2.24) is 20.3 Å². The number of amides is 1. The first-order valence-corrected chi connectivity index (χ1v) is 9.62. The zero-order valence-corrected chi connectivity index (χ0v) is 17.2. The van der Waals surface area contributed by atoms with Crippen molar-refractivity contribution >= 4 is 51.6 Å². The van der Waals surface area contributed by atoms with Gasteiger partial charge in [0.2, 0.25) is 5.95 Å². The van der Waals surface area contributed by atoms with Crippen LogP contribution >= 0.6 is 23.2 Å². The third kappa shape index (κ3) is 4.59. The Hall–Kier alpha value is -3.42. The average Bonchev–Trinajstić information content (AvgIpc) is 2.72. The number of anilines is 2. The van der Waals surface area contributed by atoms with E-state index in [4.69, 9.17) is 27.9 Å². The Balaban J connectivity index is 1.55. The molecule has 150 valence electrons. The van der Waals surface area contributed by atoms with E-state index in [-0.39, 0.29) is 11.6 Å². The van der Waals surface area contributed by atoms with E-state index in [1.54, 1.807) is 49.6 Å². The van der Waals surface area contributed by atoms with E-state index in [0.29, 0.717) is 33.2 Å². The fourth-order valence-corrected chi connectivity index (χ4v) is 3.28. The molecule has 2 heterocycles. The molecule has 30 heavy (non-hydrogen) atoms. The second-order valence-electron chi connectivity index (χ2n) is 6.26. The molecule has 2 aromatic heterocycles. The van der Waals surface area contributed by atoms with Crippen molar-refractivity contribution in [2.24, 2.45) is 0 Å². The highest BCUT2D eigenvalue weighted by Crippen LogP contribution is 2.27. The molecule has 0 aliphatic rings. The Morgan fingerprint density at radius 1 is 0.967 bits per heavy atom. The molecule has 0 aliphatic heterocycles. The summed E-state index contributed by atoms with van der Waals surface area (Å²) in [6, 6.07) is 13.8. The molecule has 0 radical (unpaired) electrons. The van der Waals surface area contributed by atoms with Gasteiger partial charge in [-0.1, -0.05) is 23.2 Å². The normalized spacial score (nSPS) is 10.6. The van der Waals surface area contributed by atoms with Gasteiger partial charge < -0.3 is 15.4 Å². The quantitative estimate of drug-likeness (QED) is 0.442. The number of carbonyl (C=O) groups excluding carboxylic acids is 1. The van der Waals surface area contributed by atoms with Crippen LogP contribution in [0, 0.1) is 0 Å². The van der Waals surface area contributed by atoms with Gasteiger partial charge >= 0.3 is 0 Å². The zero-order chi connectivity index (χ0) is 21.1. The molecule has 0 atom stereocenters. The minimum atomic E-state index is -0.284. The topological polar surface area (TPSA) is 89.0 Å². The minimum Gasteiger partial charge on any atom is -0.457 e. The first-order chi connectivity index (χ1) is 14.5. The Morgan fingerprint density at radius 2 is 1.73 bits per heavy atom. The summed E-state index contributed by atoms with van der Waals surface area (Å²) >= 11 is 12.1. The number of nitrogens with one attached hydrogen (secondary N) is 2. The summed E-state index contributed by atoms with van der Waals surface area (Å²) in [7, 11) is 1.55. The lowest BCUT2D eigenvalue weighted by Gasteiger charge is -2.09. The summed E-state index contributed by atoms with van der Waals surface area (Å²) in [5.41, 5.74) is 1.70. The van der Waals surface area contributed by atoms with Crippen LogP contribution in [0.4, 0.5) is 11.6 Å². The monoisotopic (exact) mass is 439 g/mol. The minimum absolute atomic E-state index is 0.274. The van der Waals surface area contributed by atoms with Crippen LogP contribution in [-0.4, -0.2) is 27.9 Å². The van der Waals surface area contributed by atoms with Gasteiger partial charge in [0, 0.05) is 46.6 Å². The number of rotatable bonds is 5. The van der Waals surface area contributed by atoms with Gasteiger partial charge in [-0.3, -0.25) is 9.78 Å². The number of halogens is 2. The summed E-state index contributed by atoms with van der Waals surface area (Å²) < 4.78 is 5.85. The Kier molecular flexibility index (Phi) is 5.65. The van der Waals surface area contributed by atoms with E-state index in [2.05, 4.69) is 25.6 Å². The molecule has 2 N–H and O–H groups in total. The van der Waals surface area contributed by atoms with Gasteiger partial charge in [-0.25, -0.2) is 9.97 Å². The van der Waals surface area contributed by atoms with Crippen molar-refractivity contribution in [3.63, 3.8) is 0 Å². The molecule has 0 bridgehead atoms. The van der Waals surface area contributed by atoms with Crippen LogP contribution in [0.15, 0.2) is 60.9 Å². The molecule has 4 aromatic rings. The molecule has 4 rings (SSSR count). The van der Waals surface area contributed by atoms with Crippen molar-refractivity contribution in [2.45, 2.75) is 0 Å². The maximum atomic E-state index is 11.7. The maximum absolute atomic E-state index is 11.7. The number of nitrogens with zero attached hydrogens (tertiary/aromatic N) is 3. The van der Waals surface area contributed by atoms with E-state index in [1.807, 2.05) is 12.1 Å². The molecule has 0 aliphatic carbocycles. The predicted octanol–water partition coefficient (Wildman–Crippen LogP) is 5.23. The number of hydrogen-bond donors (Lipinski definition) is 2. The number of fused-ring (bicyclic) bond motifs is 1. The van der Waals surface area contributed by atoms with Gasteiger partial charge in [0.15, 0.2) is 0 Å². The third-order valence-electron chi connectivity index (χ3n) is 4.10. The van der Waals surface area contributed by atoms with Crippen LogP contribution in [0.2, 0.25) is 10.0 Å². The summed E-state index contributed by atoms with van der Waals surface area (Å²) in [6.07, 6.45) is 3.20. The average molecular weight is 440 g/mol. The largest absolute Gasteiger partial charge is 0.457 e. The number of hydrogen-bond acceptors (Lipinski definition) is 6. The number of benzene rings is 2. The zero-order valence-electron chi connectivity index (χ0n) is 15.7. The second-order valence-corrected chi connectivity index (χ2v) is 7.13. The highest BCUT2D eigenvalue weighted by atomic mass is 35.5. The molecular formula is C21H15Cl2N5O2. The smallest absolute Gasteiger partial charge is 0.269 e. The van der Waals surface area contributed by atoms with Crippen molar-refractivity contribution in [3.05, 3.63) is 76.7 Å². The highest BCUT2D eigenvalue weighted by Gasteiger charge is 2.08. The molecule has 0 spiro atoms. The lowest BCUT2D eigenvalue weighted by Crippen LogP contribution is -2.18. The lowest BCUT2D eigenvalue weighted by molar-refractivity contribution is 0.0958. The number of ether oxygens (including phenoxy) is 1. The Bertz CT molecular complexity index is 1230. The van der Waals surface area contributed by atoms with Crippen LogP contribution in [0.3, 0.4) is 0 Å². The predicted molar refractivity (Wildman–Crippen MR) is 117 cm³/mol. The van der Waals surface area contributed by atoms with E-state index in [1.165, 1.54) is 6.20 Å². The molecule has 0 saturated carbocycles. The van der Waals surface area contributed by atoms with Crippen molar-refractivity contribution < 1.29 is 9.53 Å². The summed E-state index contributed by atoms with van der Waals surface area (Å²) in [5, 5.41) is 7.45.